The van der Waals surface area contributed by atoms with Gasteiger partial charge in [0.25, 0.3) is 0 Å². The maximum Gasteiger partial charge on any atom is 0.0945 e. The van der Waals surface area contributed by atoms with E-state index < -0.39 is 0 Å². The van der Waals surface area contributed by atoms with E-state index in [0.29, 0.717) is 0 Å². The second kappa shape index (κ2) is 5.81. The molecule has 0 saturated carbocycles. The van der Waals surface area contributed by atoms with Gasteiger partial charge in [0.1, 0.15) is 0 Å². The first-order chi connectivity index (χ1) is 5.93. The van der Waals surface area contributed by atoms with Crippen molar-refractivity contribution in [2.45, 2.75) is 39.2 Å². The summed E-state index contributed by atoms with van der Waals surface area (Å²) in [5, 5.41) is 0. The van der Waals surface area contributed by atoms with Crippen molar-refractivity contribution in [3.8, 4) is 0 Å². The Bertz CT molecular complexity index is 180. The van der Waals surface area contributed by atoms with E-state index in [4.69, 9.17) is 0 Å². The average Bonchev–Trinajstić information content (AvgIpc) is 2.57. The summed E-state index contributed by atoms with van der Waals surface area (Å²) in [6.45, 7) is 3.31. The van der Waals surface area contributed by atoms with Gasteiger partial charge in [0.15, 0.2) is 0 Å². The van der Waals surface area contributed by atoms with Crippen molar-refractivity contribution in [3.05, 3.63) is 25.1 Å². The first-order valence-electron chi connectivity index (χ1n) is 4.71. The van der Waals surface area contributed by atoms with Gasteiger partial charge in [0.05, 0.1) is 6.33 Å². The van der Waals surface area contributed by atoms with Gasteiger partial charge >= 0.3 is 0 Å². The molecule has 1 heterocycles. The Balaban J connectivity index is 1.96. The molecule has 0 aliphatic carbocycles. The molecule has 1 aromatic rings. The average molecular weight is 165 g/mol. The van der Waals surface area contributed by atoms with Crippen LogP contribution in [0.4, 0.5) is 0 Å². The van der Waals surface area contributed by atoms with Gasteiger partial charge in [-0.25, -0.2) is 4.98 Å². The lowest BCUT2D eigenvalue weighted by Crippen LogP contribution is -1.93. The Morgan fingerprint density at radius 3 is 3.00 bits per heavy atom. The maximum absolute atomic E-state index is 3.99. The van der Waals surface area contributed by atoms with Crippen molar-refractivity contribution < 1.29 is 0 Å². The molecule has 2 heteroatoms. The highest BCUT2D eigenvalue weighted by Gasteiger charge is 1.90. The third kappa shape index (κ3) is 3.56. The molecular formula is C10H17N2. The van der Waals surface area contributed by atoms with Gasteiger partial charge < -0.3 is 4.57 Å². The van der Waals surface area contributed by atoms with Gasteiger partial charge in [-0.2, -0.15) is 0 Å². The monoisotopic (exact) mass is 165 g/mol. The minimum atomic E-state index is 1.10. The van der Waals surface area contributed by atoms with Crippen LogP contribution in [-0.2, 0) is 6.54 Å². The summed E-state index contributed by atoms with van der Waals surface area (Å²) in [5.74, 6) is 0. The van der Waals surface area contributed by atoms with Crippen LogP contribution in [-0.4, -0.2) is 9.55 Å². The van der Waals surface area contributed by atoms with Crippen LogP contribution in [0.1, 0.15) is 32.6 Å². The molecule has 0 fully saturated rings. The molecule has 1 radical (unpaired) electrons. The molecule has 0 aliphatic heterocycles. The molecule has 0 amide bonds. The Morgan fingerprint density at radius 1 is 1.42 bits per heavy atom. The second-order valence-corrected chi connectivity index (χ2v) is 3.02. The van der Waals surface area contributed by atoms with E-state index >= 15 is 0 Å². The first-order valence-corrected chi connectivity index (χ1v) is 4.71. The van der Waals surface area contributed by atoms with E-state index in [9.17, 15) is 0 Å². The SMILES string of the molecule is CCC[CH]CCCn1ccnc1. The fourth-order valence-electron chi connectivity index (χ4n) is 1.19. The largest absolute Gasteiger partial charge is 0.337 e. The lowest BCUT2D eigenvalue weighted by Gasteiger charge is -2.00. The fourth-order valence-corrected chi connectivity index (χ4v) is 1.19. The quantitative estimate of drug-likeness (QED) is 0.592. The zero-order chi connectivity index (χ0) is 8.65. The van der Waals surface area contributed by atoms with Crippen molar-refractivity contribution >= 4 is 0 Å². The fraction of sp³-hybridized carbons (Fsp3) is 0.600. The zero-order valence-corrected chi connectivity index (χ0v) is 7.74. The standard InChI is InChI=1S/C10H17N2/c1-2-3-4-5-6-8-12-9-7-11-10-12/h4,7,9-10H,2-3,5-6,8H2,1H3. The van der Waals surface area contributed by atoms with E-state index in [2.05, 4.69) is 22.9 Å². The molecule has 12 heavy (non-hydrogen) atoms. The molecule has 0 spiro atoms. The van der Waals surface area contributed by atoms with E-state index in [1.807, 2.05) is 18.7 Å². The molecule has 1 rings (SSSR count). The zero-order valence-electron chi connectivity index (χ0n) is 7.74. The Kier molecular flexibility index (Phi) is 4.50. The number of imidazole rings is 1. The minimum absolute atomic E-state index is 1.10. The normalized spacial score (nSPS) is 10.4. The van der Waals surface area contributed by atoms with E-state index in [0.717, 1.165) is 6.54 Å². The second-order valence-electron chi connectivity index (χ2n) is 3.02. The summed E-state index contributed by atoms with van der Waals surface area (Å²) in [6, 6.07) is 0. The van der Waals surface area contributed by atoms with Gasteiger partial charge in [-0.3, -0.25) is 0 Å². The first kappa shape index (κ1) is 9.30. The third-order valence-corrected chi connectivity index (χ3v) is 1.88. The molecule has 0 N–H and O–H groups in total. The summed E-state index contributed by atoms with van der Waals surface area (Å²) >= 11 is 0. The number of nitrogens with zero attached hydrogens (tertiary/aromatic N) is 2. The van der Waals surface area contributed by atoms with Crippen LogP contribution in [0.2, 0.25) is 0 Å². The van der Waals surface area contributed by atoms with Gasteiger partial charge in [-0.15, -0.1) is 0 Å². The molecule has 1 aromatic heterocycles. The van der Waals surface area contributed by atoms with Gasteiger partial charge in [-0.1, -0.05) is 19.8 Å². The highest BCUT2D eigenvalue weighted by Crippen LogP contribution is 2.02. The van der Waals surface area contributed by atoms with Crippen LogP contribution in [0, 0.1) is 6.42 Å². The molecule has 0 aromatic carbocycles. The number of hydrogen-bond donors (Lipinski definition) is 0. The van der Waals surface area contributed by atoms with Crippen LogP contribution in [0.5, 0.6) is 0 Å². The summed E-state index contributed by atoms with van der Waals surface area (Å²) < 4.78 is 2.12. The van der Waals surface area contributed by atoms with E-state index in [1.54, 1.807) is 0 Å². The molecule has 2 nitrogen and oxygen atoms in total. The topological polar surface area (TPSA) is 17.8 Å². The Morgan fingerprint density at radius 2 is 2.33 bits per heavy atom. The van der Waals surface area contributed by atoms with E-state index in [-0.39, 0.29) is 0 Å². The summed E-state index contributed by atoms with van der Waals surface area (Å²) in [6.07, 6.45) is 13.1. The van der Waals surface area contributed by atoms with Crippen LogP contribution in [0.25, 0.3) is 0 Å². The molecule has 67 valence electrons. The molecular weight excluding hydrogens is 148 g/mol. The molecule has 0 saturated heterocycles. The maximum atomic E-state index is 3.99. The number of aromatic nitrogens is 2. The molecule has 0 atom stereocenters. The summed E-state index contributed by atoms with van der Waals surface area (Å²) in [7, 11) is 0. The lowest BCUT2D eigenvalue weighted by molar-refractivity contribution is 0.626. The lowest BCUT2D eigenvalue weighted by atomic mass is 10.1. The summed E-state index contributed by atoms with van der Waals surface area (Å²) in [5.41, 5.74) is 0. The van der Waals surface area contributed by atoms with Crippen molar-refractivity contribution in [2.75, 3.05) is 0 Å². The number of aryl methyl sites for hydroxylation is 1. The van der Waals surface area contributed by atoms with Gasteiger partial charge in [0.2, 0.25) is 0 Å². The molecule has 0 bridgehead atoms. The highest BCUT2D eigenvalue weighted by atomic mass is 15.0. The van der Waals surface area contributed by atoms with Crippen molar-refractivity contribution in [2.24, 2.45) is 0 Å². The van der Waals surface area contributed by atoms with Crippen molar-refractivity contribution in [1.82, 2.24) is 9.55 Å². The molecule has 0 aliphatic rings. The number of hydrogen-bond acceptors (Lipinski definition) is 1. The minimum Gasteiger partial charge on any atom is -0.337 e. The van der Waals surface area contributed by atoms with Crippen molar-refractivity contribution in [3.63, 3.8) is 0 Å². The molecule has 0 unspecified atom stereocenters. The van der Waals surface area contributed by atoms with Crippen LogP contribution in [0.15, 0.2) is 18.7 Å². The Labute approximate surface area is 74.6 Å². The van der Waals surface area contributed by atoms with Crippen LogP contribution < -0.4 is 0 Å². The predicted molar refractivity (Wildman–Crippen MR) is 50.7 cm³/mol. The number of rotatable bonds is 6. The van der Waals surface area contributed by atoms with Crippen molar-refractivity contribution in [1.29, 1.82) is 0 Å². The van der Waals surface area contributed by atoms with Crippen LogP contribution >= 0.6 is 0 Å². The summed E-state index contributed by atoms with van der Waals surface area (Å²) in [4.78, 5) is 3.99. The van der Waals surface area contributed by atoms with Gasteiger partial charge in [-0.05, 0) is 19.3 Å². The third-order valence-electron chi connectivity index (χ3n) is 1.88. The number of unbranched alkanes of at least 4 members (excludes halogenated alkanes) is 4. The van der Waals surface area contributed by atoms with Gasteiger partial charge in [0, 0.05) is 18.9 Å². The smallest absolute Gasteiger partial charge is 0.0945 e. The predicted octanol–water partition coefficient (Wildman–Crippen LogP) is 2.67. The van der Waals surface area contributed by atoms with Crippen LogP contribution in [0.3, 0.4) is 0 Å². The van der Waals surface area contributed by atoms with E-state index in [1.165, 1.54) is 25.7 Å². The Hall–Kier alpha value is -0.790. The highest BCUT2D eigenvalue weighted by molar-refractivity contribution is 4.74.